The van der Waals surface area contributed by atoms with Crippen LogP contribution in [0.5, 0.6) is 0 Å². The number of benzene rings is 1. The highest BCUT2D eigenvalue weighted by molar-refractivity contribution is 5.56. The average molecular weight is 255 g/mol. The van der Waals surface area contributed by atoms with Gasteiger partial charge in [0.2, 0.25) is 0 Å². The van der Waals surface area contributed by atoms with E-state index in [0.29, 0.717) is 5.69 Å². The number of rotatable bonds is 4. The SMILES string of the molecule is N#Cc1ccc(NCCOC(F)(F)F)cc1C#N. The molecule has 1 aromatic carbocycles. The third-order valence-electron chi connectivity index (χ3n) is 1.96. The van der Waals surface area contributed by atoms with Crippen LogP contribution < -0.4 is 5.32 Å². The molecule has 1 N–H and O–H groups in total. The number of nitrogens with zero attached hydrogens (tertiary/aromatic N) is 2. The Hall–Kier alpha value is -2.25. The van der Waals surface area contributed by atoms with Crippen LogP contribution in [0.4, 0.5) is 18.9 Å². The molecule has 0 saturated heterocycles. The molecule has 18 heavy (non-hydrogen) atoms. The standard InChI is InChI=1S/C11H8F3N3O/c12-11(13,14)18-4-3-17-10-2-1-8(6-15)9(5-10)7-16/h1-2,5,17H,3-4H2. The summed E-state index contributed by atoms with van der Waals surface area (Å²) in [5.74, 6) is 0. The van der Waals surface area contributed by atoms with Crippen LogP contribution in [0.25, 0.3) is 0 Å². The van der Waals surface area contributed by atoms with Gasteiger partial charge in [0.05, 0.1) is 17.7 Å². The number of anilines is 1. The number of ether oxygens (including phenoxy) is 1. The van der Waals surface area contributed by atoms with Crippen LogP contribution in [-0.2, 0) is 4.74 Å². The number of hydrogen-bond donors (Lipinski definition) is 1. The van der Waals surface area contributed by atoms with E-state index in [1.807, 2.05) is 12.1 Å². The molecule has 0 aliphatic heterocycles. The summed E-state index contributed by atoms with van der Waals surface area (Å²) in [5, 5.41) is 20.1. The van der Waals surface area contributed by atoms with Gasteiger partial charge in [-0.1, -0.05) is 0 Å². The number of halogens is 3. The Labute approximate surface area is 101 Å². The molecule has 0 aromatic heterocycles. The molecule has 0 spiro atoms. The van der Waals surface area contributed by atoms with E-state index in [1.165, 1.54) is 18.2 Å². The number of nitriles is 2. The largest absolute Gasteiger partial charge is 0.522 e. The summed E-state index contributed by atoms with van der Waals surface area (Å²) < 4.78 is 38.6. The van der Waals surface area contributed by atoms with Crippen molar-refractivity contribution in [1.82, 2.24) is 0 Å². The van der Waals surface area contributed by atoms with E-state index in [2.05, 4.69) is 10.1 Å². The first-order chi connectivity index (χ1) is 8.46. The van der Waals surface area contributed by atoms with Gasteiger partial charge >= 0.3 is 6.36 Å². The van der Waals surface area contributed by atoms with Crippen molar-refractivity contribution >= 4 is 5.69 Å². The molecule has 0 aliphatic carbocycles. The number of hydrogen-bond acceptors (Lipinski definition) is 4. The highest BCUT2D eigenvalue weighted by Crippen LogP contribution is 2.16. The smallest absolute Gasteiger partial charge is 0.383 e. The van der Waals surface area contributed by atoms with E-state index in [4.69, 9.17) is 10.5 Å². The second-order valence-electron chi connectivity index (χ2n) is 3.20. The Balaban J connectivity index is 2.55. The molecule has 0 unspecified atom stereocenters. The molecule has 7 heteroatoms. The molecule has 1 rings (SSSR count). The molecule has 0 amide bonds. The summed E-state index contributed by atoms with van der Waals surface area (Å²) >= 11 is 0. The van der Waals surface area contributed by atoms with Gasteiger partial charge in [-0.05, 0) is 18.2 Å². The fourth-order valence-corrected chi connectivity index (χ4v) is 1.21. The van der Waals surface area contributed by atoms with Crippen LogP contribution in [0.1, 0.15) is 11.1 Å². The number of nitrogens with one attached hydrogen (secondary N) is 1. The molecule has 0 saturated carbocycles. The Morgan fingerprint density at radius 1 is 1.17 bits per heavy atom. The van der Waals surface area contributed by atoms with Crippen LogP contribution in [-0.4, -0.2) is 19.5 Å². The zero-order valence-corrected chi connectivity index (χ0v) is 9.08. The van der Waals surface area contributed by atoms with E-state index in [9.17, 15) is 13.2 Å². The molecule has 0 aliphatic rings. The fraction of sp³-hybridized carbons (Fsp3) is 0.273. The molecule has 0 radical (unpaired) electrons. The van der Waals surface area contributed by atoms with Crippen molar-refractivity contribution in [1.29, 1.82) is 10.5 Å². The Bertz CT molecular complexity index is 500. The van der Waals surface area contributed by atoms with Crippen molar-refractivity contribution in [3.8, 4) is 12.1 Å². The average Bonchev–Trinajstić information content (AvgIpc) is 2.33. The highest BCUT2D eigenvalue weighted by Gasteiger charge is 2.28. The Morgan fingerprint density at radius 2 is 1.83 bits per heavy atom. The molecule has 0 bridgehead atoms. The minimum Gasteiger partial charge on any atom is -0.383 e. The van der Waals surface area contributed by atoms with Crippen molar-refractivity contribution in [2.75, 3.05) is 18.5 Å². The van der Waals surface area contributed by atoms with Crippen molar-refractivity contribution < 1.29 is 17.9 Å². The summed E-state index contributed by atoms with van der Waals surface area (Å²) in [6, 6.07) is 7.99. The van der Waals surface area contributed by atoms with Crippen molar-refractivity contribution in [3.05, 3.63) is 29.3 Å². The lowest BCUT2D eigenvalue weighted by atomic mass is 10.1. The third-order valence-corrected chi connectivity index (χ3v) is 1.96. The van der Waals surface area contributed by atoms with Gasteiger partial charge in [-0.15, -0.1) is 13.2 Å². The predicted molar refractivity (Wildman–Crippen MR) is 56.4 cm³/mol. The molecule has 0 heterocycles. The van der Waals surface area contributed by atoms with Crippen molar-refractivity contribution in [2.24, 2.45) is 0 Å². The maximum absolute atomic E-state index is 11.7. The Kier molecular flexibility index (Phi) is 4.52. The first kappa shape index (κ1) is 13.8. The second-order valence-corrected chi connectivity index (χ2v) is 3.20. The van der Waals surface area contributed by atoms with E-state index in [-0.39, 0.29) is 17.7 Å². The van der Waals surface area contributed by atoms with Crippen LogP contribution in [0, 0.1) is 22.7 Å². The summed E-state index contributed by atoms with van der Waals surface area (Å²) in [6.07, 6.45) is -4.65. The van der Waals surface area contributed by atoms with Crippen molar-refractivity contribution in [3.63, 3.8) is 0 Å². The molecular weight excluding hydrogens is 247 g/mol. The van der Waals surface area contributed by atoms with E-state index in [0.717, 1.165) is 0 Å². The first-order valence-electron chi connectivity index (χ1n) is 4.85. The molecule has 94 valence electrons. The summed E-state index contributed by atoms with van der Waals surface area (Å²) in [5.41, 5.74) is 0.838. The summed E-state index contributed by atoms with van der Waals surface area (Å²) in [7, 11) is 0. The van der Waals surface area contributed by atoms with Gasteiger partial charge in [-0.2, -0.15) is 10.5 Å². The molecule has 4 nitrogen and oxygen atoms in total. The van der Waals surface area contributed by atoms with Gasteiger partial charge in [0.15, 0.2) is 0 Å². The minimum atomic E-state index is -4.65. The normalized spacial score (nSPS) is 10.5. The fourth-order valence-electron chi connectivity index (χ4n) is 1.21. The summed E-state index contributed by atoms with van der Waals surface area (Å²) in [6.45, 7) is -0.596. The maximum atomic E-state index is 11.7. The lowest BCUT2D eigenvalue weighted by molar-refractivity contribution is -0.322. The third kappa shape index (κ3) is 4.32. The zero-order chi connectivity index (χ0) is 13.6. The van der Waals surface area contributed by atoms with Crippen LogP contribution in [0.2, 0.25) is 0 Å². The van der Waals surface area contributed by atoms with Crippen LogP contribution in [0.15, 0.2) is 18.2 Å². The molecule has 1 aromatic rings. The predicted octanol–water partition coefficient (Wildman–Crippen LogP) is 2.38. The van der Waals surface area contributed by atoms with Gasteiger partial charge in [0, 0.05) is 12.2 Å². The van der Waals surface area contributed by atoms with Crippen LogP contribution in [0.3, 0.4) is 0 Å². The summed E-state index contributed by atoms with van der Waals surface area (Å²) in [4.78, 5) is 0. The molecular formula is C11H8F3N3O. The van der Waals surface area contributed by atoms with Gasteiger partial charge in [-0.25, -0.2) is 0 Å². The number of alkyl halides is 3. The first-order valence-corrected chi connectivity index (χ1v) is 4.85. The Morgan fingerprint density at radius 3 is 2.39 bits per heavy atom. The van der Waals surface area contributed by atoms with Gasteiger partial charge in [-0.3, -0.25) is 4.74 Å². The van der Waals surface area contributed by atoms with Crippen LogP contribution >= 0.6 is 0 Å². The van der Waals surface area contributed by atoms with E-state index < -0.39 is 13.0 Å². The maximum Gasteiger partial charge on any atom is 0.522 e. The minimum absolute atomic E-state index is 0.0592. The lowest BCUT2D eigenvalue weighted by Crippen LogP contribution is -2.19. The monoisotopic (exact) mass is 255 g/mol. The van der Waals surface area contributed by atoms with Crippen molar-refractivity contribution in [2.45, 2.75) is 6.36 Å². The van der Waals surface area contributed by atoms with Gasteiger partial charge < -0.3 is 5.32 Å². The lowest BCUT2D eigenvalue weighted by Gasteiger charge is -2.09. The topological polar surface area (TPSA) is 68.8 Å². The highest BCUT2D eigenvalue weighted by atomic mass is 19.4. The van der Waals surface area contributed by atoms with Gasteiger partial charge in [0.1, 0.15) is 12.1 Å². The quantitative estimate of drug-likeness (QED) is 0.838. The second kappa shape index (κ2) is 5.89. The van der Waals surface area contributed by atoms with E-state index in [1.54, 1.807) is 0 Å². The molecule has 0 atom stereocenters. The zero-order valence-electron chi connectivity index (χ0n) is 9.08. The molecule has 0 fully saturated rings. The van der Waals surface area contributed by atoms with Gasteiger partial charge in [0.25, 0.3) is 0 Å². The van der Waals surface area contributed by atoms with E-state index >= 15 is 0 Å².